The first-order valence-corrected chi connectivity index (χ1v) is 11.0. The van der Waals surface area contributed by atoms with Crippen molar-refractivity contribution in [2.75, 3.05) is 13.2 Å². The van der Waals surface area contributed by atoms with Gasteiger partial charge in [-0.2, -0.15) is 8.78 Å². The van der Waals surface area contributed by atoms with Crippen LogP contribution in [0.4, 0.5) is 8.78 Å². The quantitative estimate of drug-likeness (QED) is 0.394. The van der Waals surface area contributed by atoms with Gasteiger partial charge in [0.2, 0.25) is 0 Å². The van der Waals surface area contributed by atoms with Crippen LogP contribution >= 0.6 is 0 Å². The summed E-state index contributed by atoms with van der Waals surface area (Å²) in [6.07, 6.45) is 3.46. The smallest absolute Gasteiger partial charge is 0.266 e. The summed E-state index contributed by atoms with van der Waals surface area (Å²) in [6.45, 7) is 6.00. The molecule has 0 aromatic heterocycles. The number of rotatable bonds is 9. The van der Waals surface area contributed by atoms with Crippen molar-refractivity contribution in [3.8, 4) is 11.1 Å². The molecule has 2 nitrogen and oxygen atoms in total. The third-order valence-corrected chi connectivity index (χ3v) is 5.91. The van der Waals surface area contributed by atoms with Crippen molar-refractivity contribution in [3.05, 3.63) is 71.8 Å². The van der Waals surface area contributed by atoms with Gasteiger partial charge in [-0.15, -0.1) is 0 Å². The summed E-state index contributed by atoms with van der Waals surface area (Å²) in [7, 11) is 0. The molecule has 0 spiro atoms. The number of unbranched alkanes of at least 4 members (excludes halogenated alkanes) is 1. The second-order valence-electron chi connectivity index (χ2n) is 8.23. The van der Waals surface area contributed by atoms with Crippen LogP contribution < -0.4 is 0 Å². The van der Waals surface area contributed by atoms with Gasteiger partial charge in [-0.3, -0.25) is 0 Å². The van der Waals surface area contributed by atoms with Gasteiger partial charge >= 0.3 is 0 Å². The average Bonchev–Trinajstić information content (AvgIpc) is 2.77. The van der Waals surface area contributed by atoms with E-state index in [1.54, 1.807) is 0 Å². The molecule has 1 saturated heterocycles. The number of hydrogen-bond donors (Lipinski definition) is 0. The molecule has 1 fully saturated rings. The molecule has 1 aliphatic heterocycles. The first-order valence-electron chi connectivity index (χ1n) is 11.0. The molecular formula is C26H32F2O2. The van der Waals surface area contributed by atoms with Gasteiger partial charge in [0.25, 0.3) is 6.08 Å². The van der Waals surface area contributed by atoms with Gasteiger partial charge in [0.15, 0.2) is 6.29 Å². The number of ether oxygens (including phenoxy) is 2. The molecule has 4 heteroatoms. The zero-order valence-corrected chi connectivity index (χ0v) is 18.0. The minimum atomic E-state index is -1.59. The van der Waals surface area contributed by atoms with E-state index in [4.69, 9.17) is 9.47 Å². The highest BCUT2D eigenvalue weighted by Crippen LogP contribution is 2.31. The van der Waals surface area contributed by atoms with Crippen molar-refractivity contribution < 1.29 is 18.3 Å². The second-order valence-corrected chi connectivity index (χ2v) is 8.23. The SMILES string of the molecule is CCCC(C)C1COC(c2ccc(-c3ccc(CCCC=C(F)F)cc3)cc2)OC1. The lowest BCUT2D eigenvalue weighted by Crippen LogP contribution is -2.31. The van der Waals surface area contributed by atoms with Crippen molar-refractivity contribution in [1.82, 2.24) is 0 Å². The average molecular weight is 415 g/mol. The fraction of sp³-hybridized carbons (Fsp3) is 0.462. The maximum absolute atomic E-state index is 12.1. The number of aryl methyl sites for hydroxylation is 1. The summed E-state index contributed by atoms with van der Waals surface area (Å²) in [5.41, 5.74) is 4.49. The molecule has 0 bridgehead atoms. The Morgan fingerprint density at radius 3 is 2.17 bits per heavy atom. The Morgan fingerprint density at radius 2 is 1.60 bits per heavy atom. The largest absolute Gasteiger partial charge is 0.348 e. The highest BCUT2D eigenvalue weighted by molar-refractivity contribution is 5.64. The maximum atomic E-state index is 12.1. The van der Waals surface area contributed by atoms with Gasteiger partial charge in [-0.05, 0) is 47.9 Å². The zero-order valence-electron chi connectivity index (χ0n) is 18.0. The lowest BCUT2D eigenvalue weighted by molar-refractivity contribution is -0.212. The normalized spacial score (nSPS) is 20.0. The first-order chi connectivity index (χ1) is 14.6. The maximum Gasteiger partial charge on any atom is 0.266 e. The van der Waals surface area contributed by atoms with E-state index < -0.39 is 6.08 Å². The monoisotopic (exact) mass is 414 g/mol. The lowest BCUT2D eigenvalue weighted by Gasteiger charge is -2.33. The predicted octanol–water partition coefficient (Wildman–Crippen LogP) is 7.55. The zero-order chi connectivity index (χ0) is 21.3. The number of allylic oxidation sites excluding steroid dienone is 1. The van der Waals surface area contributed by atoms with Crippen LogP contribution in [0, 0.1) is 11.8 Å². The fourth-order valence-corrected chi connectivity index (χ4v) is 3.94. The Kier molecular flexibility index (Phi) is 8.59. The molecule has 2 aromatic rings. The summed E-state index contributed by atoms with van der Waals surface area (Å²) in [6, 6.07) is 16.7. The van der Waals surface area contributed by atoms with Gasteiger partial charge in [-0.25, -0.2) is 0 Å². The minimum absolute atomic E-state index is 0.283. The van der Waals surface area contributed by atoms with Crippen molar-refractivity contribution >= 4 is 0 Å². The second kappa shape index (κ2) is 11.4. The third kappa shape index (κ3) is 6.48. The number of benzene rings is 2. The molecular weight excluding hydrogens is 382 g/mol. The predicted molar refractivity (Wildman–Crippen MR) is 117 cm³/mol. The summed E-state index contributed by atoms with van der Waals surface area (Å²) < 4.78 is 36.1. The fourth-order valence-electron chi connectivity index (χ4n) is 3.94. The third-order valence-electron chi connectivity index (χ3n) is 5.91. The van der Waals surface area contributed by atoms with Crippen molar-refractivity contribution in [3.63, 3.8) is 0 Å². The van der Waals surface area contributed by atoms with Crippen LogP contribution in [0.3, 0.4) is 0 Å². The molecule has 1 unspecified atom stereocenters. The van der Waals surface area contributed by atoms with Gasteiger partial charge < -0.3 is 9.47 Å². The first kappa shape index (κ1) is 22.6. The Bertz CT molecular complexity index is 787. The van der Waals surface area contributed by atoms with Crippen molar-refractivity contribution in [1.29, 1.82) is 0 Å². The van der Waals surface area contributed by atoms with Gasteiger partial charge in [0.05, 0.1) is 13.2 Å². The molecule has 0 saturated carbocycles. The highest BCUT2D eigenvalue weighted by Gasteiger charge is 2.26. The Balaban J connectivity index is 1.52. The molecule has 3 rings (SSSR count). The number of halogens is 2. The topological polar surface area (TPSA) is 18.5 Å². The molecule has 1 atom stereocenters. The van der Waals surface area contributed by atoms with E-state index in [9.17, 15) is 8.78 Å². The standard InChI is InChI=1S/C26H32F2O2/c1-3-6-19(2)24-17-29-26(30-18-24)23-15-13-22(14-16-23)21-11-9-20(10-12-21)7-4-5-8-25(27)28/h8-16,19,24,26H,3-7,17-18H2,1-2H3. The van der Waals surface area contributed by atoms with E-state index in [2.05, 4.69) is 62.4 Å². The van der Waals surface area contributed by atoms with Gasteiger partial charge in [0, 0.05) is 11.5 Å². The molecule has 0 N–H and O–H groups in total. The molecule has 1 aliphatic rings. The summed E-state index contributed by atoms with van der Waals surface area (Å²) in [4.78, 5) is 0. The van der Waals surface area contributed by atoms with E-state index >= 15 is 0 Å². The number of hydrogen-bond acceptors (Lipinski definition) is 2. The lowest BCUT2D eigenvalue weighted by atomic mass is 9.91. The van der Waals surface area contributed by atoms with Crippen molar-refractivity contribution in [2.24, 2.45) is 11.8 Å². The van der Waals surface area contributed by atoms with E-state index in [1.165, 1.54) is 18.4 Å². The minimum Gasteiger partial charge on any atom is -0.348 e. The van der Waals surface area contributed by atoms with Crippen LogP contribution in [0.5, 0.6) is 0 Å². The summed E-state index contributed by atoms with van der Waals surface area (Å²) in [5, 5.41) is 0. The Labute approximate surface area is 178 Å². The van der Waals surface area contributed by atoms with Crippen LogP contribution in [0.15, 0.2) is 60.7 Å². The molecule has 0 aliphatic carbocycles. The van der Waals surface area contributed by atoms with Gasteiger partial charge in [0.1, 0.15) is 0 Å². The van der Waals surface area contributed by atoms with E-state index in [1.807, 2.05) is 0 Å². The Hall–Kier alpha value is -2.04. The van der Waals surface area contributed by atoms with Gasteiger partial charge in [-0.1, -0.05) is 75.2 Å². The Morgan fingerprint density at radius 1 is 1.00 bits per heavy atom. The molecule has 0 radical (unpaired) electrons. The molecule has 0 amide bonds. The molecule has 30 heavy (non-hydrogen) atoms. The van der Waals surface area contributed by atoms with Crippen LogP contribution in [-0.2, 0) is 15.9 Å². The van der Waals surface area contributed by atoms with E-state index in [0.29, 0.717) is 18.3 Å². The van der Waals surface area contributed by atoms with Crippen LogP contribution in [0.1, 0.15) is 56.9 Å². The van der Waals surface area contributed by atoms with Crippen LogP contribution in [0.2, 0.25) is 0 Å². The summed E-state index contributed by atoms with van der Waals surface area (Å²) >= 11 is 0. The van der Waals surface area contributed by atoms with E-state index in [0.717, 1.165) is 48.8 Å². The van der Waals surface area contributed by atoms with E-state index in [-0.39, 0.29) is 6.29 Å². The van der Waals surface area contributed by atoms with Crippen LogP contribution in [0.25, 0.3) is 11.1 Å². The molecule has 162 valence electrons. The molecule has 1 heterocycles. The van der Waals surface area contributed by atoms with Crippen LogP contribution in [-0.4, -0.2) is 13.2 Å². The van der Waals surface area contributed by atoms with Crippen molar-refractivity contribution in [2.45, 2.75) is 52.2 Å². The summed E-state index contributed by atoms with van der Waals surface area (Å²) in [5.74, 6) is 1.11. The highest BCUT2D eigenvalue weighted by atomic mass is 19.3. The molecule has 2 aromatic carbocycles.